The quantitative estimate of drug-likeness (QED) is 0.271. The Kier molecular flexibility index (Phi) is 7.73. The molecule has 0 saturated carbocycles. The number of rotatable bonds is 7. The Morgan fingerprint density at radius 1 is 0.974 bits per heavy atom. The first-order valence-electron chi connectivity index (χ1n) is 12.3. The number of halogens is 1. The summed E-state index contributed by atoms with van der Waals surface area (Å²) in [6, 6.07) is 15.7. The number of carbonyl (C=O) groups excluding carboxylic acids is 1. The van der Waals surface area contributed by atoms with Gasteiger partial charge in [-0.1, -0.05) is 35.1 Å². The fraction of sp³-hybridized carbons (Fsp3) is 0.259. The second-order valence-electron chi connectivity index (χ2n) is 9.19. The van der Waals surface area contributed by atoms with Crippen molar-refractivity contribution >= 4 is 62.7 Å². The minimum atomic E-state index is -0.270. The lowest BCUT2D eigenvalue weighted by molar-refractivity contribution is 0.103. The molecule has 0 radical (unpaired) electrons. The first-order chi connectivity index (χ1) is 18.3. The van der Waals surface area contributed by atoms with E-state index in [2.05, 4.69) is 72.0 Å². The smallest absolute Gasteiger partial charge is 0.267 e. The number of carbonyl (C=O) groups is 1. The van der Waals surface area contributed by atoms with Crippen LogP contribution in [0.25, 0.3) is 0 Å². The third-order valence-electron chi connectivity index (χ3n) is 6.27. The normalized spacial score (nSPS) is 13.8. The van der Waals surface area contributed by atoms with E-state index in [4.69, 9.17) is 11.6 Å². The van der Waals surface area contributed by atoms with E-state index in [0.717, 1.165) is 37.4 Å². The van der Waals surface area contributed by atoms with Crippen LogP contribution in [-0.2, 0) is 0 Å². The van der Waals surface area contributed by atoms with Crippen LogP contribution in [0.2, 0.25) is 5.02 Å². The third kappa shape index (κ3) is 6.21. The molecule has 0 bridgehead atoms. The summed E-state index contributed by atoms with van der Waals surface area (Å²) in [6.45, 7) is 7.93. The average molecular weight is 549 g/mol. The first kappa shape index (κ1) is 25.9. The zero-order valence-corrected chi connectivity index (χ0v) is 23.0. The number of hydrogen-bond donors (Lipinski definition) is 3. The van der Waals surface area contributed by atoms with Crippen molar-refractivity contribution in [3.63, 3.8) is 0 Å². The number of nitrogens with zero attached hydrogens (tertiary/aromatic N) is 5. The average Bonchev–Trinajstić information content (AvgIpc) is 3.35. The molecule has 3 N–H and O–H groups in total. The number of anilines is 6. The van der Waals surface area contributed by atoms with Crippen molar-refractivity contribution in [2.24, 2.45) is 0 Å². The SMILES string of the molecule is Cc1nc(Nc2ccc(N3CCN(C)CC3)cc2)cc(Nc2ncc(C(=O)Nc3c(C)cccc3Cl)s2)n1. The van der Waals surface area contributed by atoms with Crippen LogP contribution in [0.3, 0.4) is 0 Å². The fourth-order valence-electron chi connectivity index (χ4n) is 4.18. The lowest BCUT2D eigenvalue weighted by Gasteiger charge is -2.34. The topological polar surface area (TPSA) is 98.3 Å². The van der Waals surface area contributed by atoms with Crippen molar-refractivity contribution in [2.45, 2.75) is 13.8 Å². The van der Waals surface area contributed by atoms with Crippen LogP contribution in [0, 0.1) is 13.8 Å². The van der Waals surface area contributed by atoms with Crippen molar-refractivity contribution in [3.8, 4) is 0 Å². The number of piperazine rings is 1. The molecule has 1 fully saturated rings. The largest absolute Gasteiger partial charge is 0.369 e. The summed E-state index contributed by atoms with van der Waals surface area (Å²) < 4.78 is 0. The van der Waals surface area contributed by atoms with Crippen LogP contribution in [0.15, 0.2) is 54.7 Å². The predicted octanol–water partition coefficient (Wildman–Crippen LogP) is 5.69. The molecule has 11 heteroatoms. The van der Waals surface area contributed by atoms with E-state index in [9.17, 15) is 4.79 Å². The summed E-state index contributed by atoms with van der Waals surface area (Å²) in [6.07, 6.45) is 1.53. The summed E-state index contributed by atoms with van der Waals surface area (Å²) in [5.41, 5.74) is 3.65. The zero-order valence-electron chi connectivity index (χ0n) is 21.5. The molecule has 3 heterocycles. The highest BCUT2D eigenvalue weighted by Gasteiger charge is 2.16. The summed E-state index contributed by atoms with van der Waals surface area (Å²) in [7, 11) is 2.16. The molecule has 0 unspecified atom stereocenters. The Bertz CT molecular complexity index is 1410. The summed E-state index contributed by atoms with van der Waals surface area (Å²) in [5, 5.41) is 10.5. The Labute approximate surface area is 230 Å². The maximum absolute atomic E-state index is 12.8. The summed E-state index contributed by atoms with van der Waals surface area (Å²) in [5.74, 6) is 1.58. The molecule has 5 rings (SSSR count). The number of aromatic nitrogens is 3. The highest BCUT2D eigenvalue weighted by molar-refractivity contribution is 7.17. The van der Waals surface area contributed by atoms with Gasteiger partial charge in [-0.05, 0) is 56.8 Å². The van der Waals surface area contributed by atoms with Gasteiger partial charge in [0.25, 0.3) is 5.91 Å². The van der Waals surface area contributed by atoms with E-state index < -0.39 is 0 Å². The lowest BCUT2D eigenvalue weighted by atomic mass is 10.2. The Morgan fingerprint density at radius 2 is 1.68 bits per heavy atom. The molecule has 2 aromatic carbocycles. The van der Waals surface area contributed by atoms with Gasteiger partial charge in [-0.2, -0.15) is 0 Å². The molecule has 9 nitrogen and oxygen atoms in total. The van der Waals surface area contributed by atoms with Crippen molar-refractivity contribution in [1.82, 2.24) is 19.9 Å². The Morgan fingerprint density at radius 3 is 2.39 bits per heavy atom. The second kappa shape index (κ2) is 11.3. The van der Waals surface area contributed by atoms with Gasteiger partial charge in [0.05, 0.1) is 16.9 Å². The van der Waals surface area contributed by atoms with Crippen LogP contribution in [0.1, 0.15) is 21.1 Å². The number of nitrogens with one attached hydrogen (secondary N) is 3. The van der Waals surface area contributed by atoms with Gasteiger partial charge in [0.1, 0.15) is 22.3 Å². The summed E-state index contributed by atoms with van der Waals surface area (Å²) >= 11 is 7.48. The van der Waals surface area contributed by atoms with E-state index in [-0.39, 0.29) is 5.91 Å². The van der Waals surface area contributed by atoms with E-state index >= 15 is 0 Å². The summed E-state index contributed by atoms with van der Waals surface area (Å²) in [4.78, 5) is 31.3. The van der Waals surface area contributed by atoms with Crippen LogP contribution in [0.5, 0.6) is 0 Å². The fourth-order valence-corrected chi connectivity index (χ4v) is 5.16. The lowest BCUT2D eigenvalue weighted by Crippen LogP contribution is -2.44. The molecule has 1 aliphatic rings. The Balaban J connectivity index is 1.24. The van der Waals surface area contributed by atoms with Crippen molar-refractivity contribution < 1.29 is 4.79 Å². The van der Waals surface area contributed by atoms with E-state index in [1.54, 1.807) is 6.07 Å². The van der Waals surface area contributed by atoms with Gasteiger partial charge in [0.15, 0.2) is 5.13 Å². The van der Waals surface area contributed by atoms with Crippen LogP contribution in [-0.4, -0.2) is 59.0 Å². The molecule has 0 atom stereocenters. The standard InChI is InChI=1S/C27H29ClN8OS/c1-17-5-4-6-21(28)25(17)34-26(37)22-16-29-27(38-22)33-24-15-23(30-18(2)31-24)32-19-7-9-20(10-8-19)36-13-11-35(3)12-14-36/h4-10,15-16H,11-14H2,1-3H3,(H,34,37)(H2,29,30,31,32,33). The highest BCUT2D eigenvalue weighted by Crippen LogP contribution is 2.28. The zero-order chi connectivity index (χ0) is 26.6. The molecule has 4 aromatic rings. The van der Waals surface area contributed by atoms with Crippen molar-refractivity contribution in [3.05, 3.63) is 76.0 Å². The van der Waals surface area contributed by atoms with Crippen LogP contribution < -0.4 is 20.9 Å². The number of likely N-dealkylation sites (N-methyl/N-ethyl adjacent to an activating group) is 1. The van der Waals surface area contributed by atoms with E-state index in [1.807, 2.05) is 32.0 Å². The van der Waals surface area contributed by atoms with Gasteiger partial charge in [0, 0.05) is 43.6 Å². The molecule has 0 aliphatic carbocycles. The molecule has 196 valence electrons. The minimum absolute atomic E-state index is 0.270. The predicted molar refractivity (Wildman–Crippen MR) is 156 cm³/mol. The second-order valence-corrected chi connectivity index (χ2v) is 10.6. The number of amides is 1. The van der Waals surface area contributed by atoms with Gasteiger partial charge >= 0.3 is 0 Å². The number of hydrogen-bond acceptors (Lipinski definition) is 9. The molecule has 0 spiro atoms. The maximum atomic E-state index is 12.8. The van der Waals surface area contributed by atoms with Crippen LogP contribution >= 0.6 is 22.9 Å². The van der Waals surface area contributed by atoms with Gasteiger partial charge < -0.3 is 25.8 Å². The van der Waals surface area contributed by atoms with Crippen molar-refractivity contribution in [2.75, 3.05) is 54.1 Å². The molecule has 1 amide bonds. The molecule has 1 aliphatic heterocycles. The monoisotopic (exact) mass is 548 g/mol. The van der Waals surface area contributed by atoms with Gasteiger partial charge in [-0.15, -0.1) is 0 Å². The van der Waals surface area contributed by atoms with E-state index in [0.29, 0.717) is 38.2 Å². The van der Waals surface area contributed by atoms with Crippen LogP contribution in [0.4, 0.5) is 33.8 Å². The Hall–Kier alpha value is -3.73. The highest BCUT2D eigenvalue weighted by atomic mass is 35.5. The minimum Gasteiger partial charge on any atom is -0.369 e. The molecule has 38 heavy (non-hydrogen) atoms. The molecular weight excluding hydrogens is 520 g/mol. The number of aryl methyl sites for hydroxylation is 2. The number of para-hydroxylation sites is 1. The first-order valence-corrected chi connectivity index (χ1v) is 13.5. The van der Waals surface area contributed by atoms with E-state index in [1.165, 1.54) is 23.2 Å². The van der Waals surface area contributed by atoms with Gasteiger partial charge in [-0.3, -0.25) is 4.79 Å². The number of benzene rings is 2. The number of thiazole rings is 1. The molecular formula is C27H29ClN8OS. The van der Waals surface area contributed by atoms with Gasteiger partial charge in [-0.25, -0.2) is 15.0 Å². The third-order valence-corrected chi connectivity index (χ3v) is 7.50. The molecule has 2 aromatic heterocycles. The van der Waals surface area contributed by atoms with Crippen molar-refractivity contribution in [1.29, 1.82) is 0 Å². The molecule has 1 saturated heterocycles. The maximum Gasteiger partial charge on any atom is 0.267 e. The van der Waals surface area contributed by atoms with Gasteiger partial charge in [0.2, 0.25) is 0 Å².